The number of carbonyl (C=O) groups is 1. The fourth-order valence-corrected chi connectivity index (χ4v) is 4.91. The van der Waals surface area contributed by atoms with Gasteiger partial charge in [0.05, 0.1) is 4.90 Å². The number of sulfone groups is 1. The zero-order valence-corrected chi connectivity index (χ0v) is 16.6. The highest BCUT2D eigenvalue weighted by Gasteiger charge is 2.26. The van der Waals surface area contributed by atoms with E-state index in [1.54, 1.807) is 12.1 Å². The van der Waals surface area contributed by atoms with Crippen LogP contribution in [0.15, 0.2) is 53.4 Å². The molecule has 0 radical (unpaired) electrons. The van der Waals surface area contributed by atoms with Crippen LogP contribution in [0.2, 0.25) is 0 Å². The van der Waals surface area contributed by atoms with E-state index in [-0.39, 0.29) is 12.3 Å². The van der Waals surface area contributed by atoms with E-state index < -0.39 is 15.8 Å². The molecule has 2 heterocycles. The topological polar surface area (TPSA) is 76.4 Å². The van der Waals surface area contributed by atoms with E-state index in [9.17, 15) is 13.2 Å². The van der Waals surface area contributed by atoms with Crippen molar-refractivity contribution in [2.24, 2.45) is 5.92 Å². The fourth-order valence-electron chi connectivity index (χ4n) is 4.28. The average Bonchev–Trinajstić information content (AvgIpc) is 2.95. The van der Waals surface area contributed by atoms with E-state index in [1.807, 2.05) is 24.3 Å². The Labute approximate surface area is 164 Å². The summed E-state index contributed by atoms with van der Waals surface area (Å²) in [6.07, 6.45) is 3.89. The van der Waals surface area contributed by atoms with E-state index in [4.69, 9.17) is 5.11 Å². The van der Waals surface area contributed by atoms with Gasteiger partial charge in [-0.15, -0.1) is 0 Å². The molecule has 0 saturated heterocycles. The van der Waals surface area contributed by atoms with Gasteiger partial charge in [0.2, 0.25) is 0 Å². The van der Waals surface area contributed by atoms with Crippen LogP contribution >= 0.6 is 0 Å². The smallest absolute Gasteiger partial charge is 0.303 e. The summed E-state index contributed by atoms with van der Waals surface area (Å²) in [6, 6.07) is 15.3. The van der Waals surface area contributed by atoms with Gasteiger partial charge in [-0.1, -0.05) is 30.3 Å². The van der Waals surface area contributed by atoms with E-state index in [1.165, 1.54) is 22.9 Å². The number of rotatable bonds is 5. The van der Waals surface area contributed by atoms with Crippen LogP contribution in [-0.4, -0.2) is 30.3 Å². The molecule has 0 spiro atoms. The highest BCUT2D eigenvalue weighted by molar-refractivity contribution is 7.90. The van der Waals surface area contributed by atoms with Crippen LogP contribution < -0.4 is 0 Å². The highest BCUT2D eigenvalue weighted by Crippen LogP contribution is 2.34. The van der Waals surface area contributed by atoms with Crippen molar-refractivity contribution in [1.82, 2.24) is 4.57 Å². The number of aliphatic carboxylic acids is 1. The first kappa shape index (κ1) is 18.7. The molecular formula is C22H23NO4S. The van der Waals surface area contributed by atoms with Crippen LogP contribution in [0, 0.1) is 5.92 Å². The zero-order chi connectivity index (χ0) is 19.9. The molecule has 0 fully saturated rings. The number of carboxylic acids is 1. The second kappa shape index (κ2) is 7.09. The summed E-state index contributed by atoms with van der Waals surface area (Å²) >= 11 is 0. The summed E-state index contributed by atoms with van der Waals surface area (Å²) in [6.45, 7) is 0.731. The monoisotopic (exact) mass is 397 g/mol. The van der Waals surface area contributed by atoms with Gasteiger partial charge >= 0.3 is 5.97 Å². The van der Waals surface area contributed by atoms with Gasteiger partial charge in [0, 0.05) is 35.8 Å². The molecule has 0 bridgehead atoms. The first-order valence-electron chi connectivity index (χ1n) is 9.42. The Hall–Kier alpha value is -2.60. The van der Waals surface area contributed by atoms with Crippen LogP contribution in [0.25, 0.3) is 10.9 Å². The molecule has 1 unspecified atom stereocenters. The minimum atomic E-state index is -3.20. The Bertz CT molecular complexity index is 1140. The lowest BCUT2D eigenvalue weighted by Crippen LogP contribution is -2.22. The third kappa shape index (κ3) is 3.56. The van der Waals surface area contributed by atoms with Crippen LogP contribution in [0.4, 0.5) is 0 Å². The minimum Gasteiger partial charge on any atom is -0.481 e. The van der Waals surface area contributed by atoms with Gasteiger partial charge in [0.25, 0.3) is 0 Å². The fraction of sp³-hybridized carbons (Fsp3) is 0.318. The molecule has 1 N–H and O–H groups in total. The minimum absolute atomic E-state index is 0.155. The number of hydrogen-bond acceptors (Lipinski definition) is 3. The van der Waals surface area contributed by atoms with Crippen molar-refractivity contribution in [2.45, 2.75) is 37.1 Å². The lowest BCUT2D eigenvalue weighted by Gasteiger charge is -2.25. The summed E-state index contributed by atoms with van der Waals surface area (Å²) in [5.74, 6) is -0.584. The number of nitrogens with zero attached hydrogens (tertiary/aromatic N) is 1. The molecule has 28 heavy (non-hydrogen) atoms. The molecule has 146 valence electrons. The van der Waals surface area contributed by atoms with Gasteiger partial charge in [-0.3, -0.25) is 4.79 Å². The second-order valence-corrected chi connectivity index (χ2v) is 9.66. The van der Waals surface area contributed by atoms with Crippen LogP contribution in [0.5, 0.6) is 0 Å². The molecular weight excluding hydrogens is 374 g/mol. The van der Waals surface area contributed by atoms with Crippen molar-refractivity contribution in [3.05, 3.63) is 65.4 Å². The number of aromatic nitrogens is 1. The standard InChI is InChI=1S/C22H23NO4S/c1-28(26,27)17-9-6-15(7-10-17)12-19-18-4-2-3-5-20(18)23-14-16(13-22(24)25)8-11-21(19)23/h2-7,9-10,16H,8,11-14H2,1H3,(H,24,25). The zero-order valence-electron chi connectivity index (χ0n) is 15.8. The predicted octanol–water partition coefficient (Wildman–Crippen LogP) is 3.67. The first-order chi connectivity index (χ1) is 13.3. The van der Waals surface area contributed by atoms with Crippen molar-refractivity contribution in [3.63, 3.8) is 0 Å². The van der Waals surface area contributed by atoms with E-state index in [0.717, 1.165) is 36.9 Å². The lowest BCUT2D eigenvalue weighted by atomic mass is 9.92. The van der Waals surface area contributed by atoms with Gasteiger partial charge in [-0.05, 0) is 54.5 Å². The molecule has 2 aromatic carbocycles. The number of carboxylic acid groups (broad SMARTS) is 1. The van der Waals surface area contributed by atoms with Crippen LogP contribution in [0.1, 0.15) is 29.7 Å². The Morgan fingerprint density at radius 3 is 2.54 bits per heavy atom. The van der Waals surface area contributed by atoms with Crippen molar-refractivity contribution in [2.75, 3.05) is 6.26 Å². The molecule has 5 nitrogen and oxygen atoms in total. The summed E-state index contributed by atoms with van der Waals surface area (Å²) in [5, 5.41) is 10.3. The summed E-state index contributed by atoms with van der Waals surface area (Å²) in [4.78, 5) is 11.5. The van der Waals surface area contributed by atoms with Crippen molar-refractivity contribution < 1.29 is 18.3 Å². The lowest BCUT2D eigenvalue weighted by molar-refractivity contribution is -0.138. The van der Waals surface area contributed by atoms with Gasteiger partial charge in [-0.25, -0.2) is 8.42 Å². The molecule has 4 rings (SSSR count). The largest absolute Gasteiger partial charge is 0.481 e. The summed E-state index contributed by atoms with van der Waals surface area (Å²) in [5.41, 5.74) is 4.75. The van der Waals surface area contributed by atoms with E-state index >= 15 is 0 Å². The van der Waals surface area contributed by atoms with Crippen LogP contribution in [0.3, 0.4) is 0 Å². The van der Waals surface area contributed by atoms with Gasteiger partial charge < -0.3 is 9.67 Å². The molecule has 1 aromatic heterocycles. The van der Waals surface area contributed by atoms with Gasteiger partial charge in [0.15, 0.2) is 9.84 Å². The highest BCUT2D eigenvalue weighted by atomic mass is 32.2. The molecule has 1 aliphatic rings. The Kier molecular flexibility index (Phi) is 4.75. The summed E-state index contributed by atoms with van der Waals surface area (Å²) < 4.78 is 25.7. The number of hydrogen-bond donors (Lipinski definition) is 1. The van der Waals surface area contributed by atoms with E-state index in [2.05, 4.69) is 16.7 Å². The number of benzene rings is 2. The van der Waals surface area contributed by atoms with Crippen LogP contribution in [-0.2, 0) is 34.0 Å². The normalized spacial score (nSPS) is 16.8. The second-order valence-electron chi connectivity index (χ2n) is 7.65. The maximum atomic E-state index is 11.7. The third-order valence-electron chi connectivity index (χ3n) is 5.62. The Morgan fingerprint density at radius 2 is 1.86 bits per heavy atom. The Morgan fingerprint density at radius 1 is 1.14 bits per heavy atom. The number of fused-ring (bicyclic) bond motifs is 3. The average molecular weight is 397 g/mol. The molecule has 0 saturated carbocycles. The number of para-hydroxylation sites is 1. The SMILES string of the molecule is CS(=O)(=O)c1ccc(Cc2c3n(c4ccccc24)CC(CC(=O)O)CC3)cc1. The maximum Gasteiger partial charge on any atom is 0.303 e. The van der Waals surface area contributed by atoms with Gasteiger partial charge in [0.1, 0.15) is 0 Å². The third-order valence-corrected chi connectivity index (χ3v) is 6.75. The molecule has 1 aliphatic heterocycles. The molecule has 6 heteroatoms. The maximum absolute atomic E-state index is 11.7. The van der Waals surface area contributed by atoms with Gasteiger partial charge in [-0.2, -0.15) is 0 Å². The van der Waals surface area contributed by atoms with Crippen molar-refractivity contribution in [3.8, 4) is 0 Å². The van der Waals surface area contributed by atoms with E-state index in [0.29, 0.717) is 4.90 Å². The Balaban J connectivity index is 1.71. The quantitative estimate of drug-likeness (QED) is 0.713. The summed E-state index contributed by atoms with van der Waals surface area (Å²) in [7, 11) is -3.20. The first-order valence-corrected chi connectivity index (χ1v) is 11.3. The van der Waals surface area contributed by atoms with Crippen molar-refractivity contribution >= 4 is 26.7 Å². The van der Waals surface area contributed by atoms with Crippen molar-refractivity contribution in [1.29, 1.82) is 0 Å². The molecule has 0 aliphatic carbocycles. The molecule has 1 atom stereocenters. The predicted molar refractivity (Wildman–Crippen MR) is 108 cm³/mol. The molecule has 3 aromatic rings. The molecule has 0 amide bonds.